The summed E-state index contributed by atoms with van der Waals surface area (Å²) in [5, 5.41) is 0. The van der Waals surface area contributed by atoms with E-state index in [1.165, 1.54) is 0 Å². The van der Waals surface area contributed by atoms with E-state index in [2.05, 4.69) is 35.1 Å². The molecular weight excluding hydrogens is 152 g/mol. The monoisotopic (exact) mass is 166 g/mol. The van der Waals surface area contributed by atoms with Gasteiger partial charge in [-0.1, -0.05) is 0 Å². The molecule has 0 N–H and O–H groups in total. The van der Waals surface area contributed by atoms with Gasteiger partial charge in [-0.05, 0) is 14.1 Å². The van der Waals surface area contributed by atoms with Crippen molar-refractivity contribution < 1.29 is 0 Å². The number of thiol groups is 2. The third-order valence-electron chi connectivity index (χ3n) is 0.966. The molecule has 0 unspecified atom stereocenters. The molecule has 0 aromatic carbocycles. The van der Waals surface area contributed by atoms with Crippen LogP contribution >= 0.6 is 25.3 Å². The van der Waals surface area contributed by atoms with Crippen LogP contribution in [0.1, 0.15) is 0 Å². The highest BCUT2D eigenvalue weighted by atomic mass is 32.1. The minimum Gasteiger partial charge on any atom is -0.285 e. The Kier molecular flexibility index (Phi) is 5.78. The first-order chi connectivity index (χ1) is 4.20. The van der Waals surface area contributed by atoms with Crippen molar-refractivity contribution in [2.24, 2.45) is 0 Å². The maximum atomic E-state index is 4.10. The van der Waals surface area contributed by atoms with Gasteiger partial charge in [0.05, 0.1) is 6.67 Å². The molecule has 0 fully saturated rings. The summed E-state index contributed by atoms with van der Waals surface area (Å²) in [5.41, 5.74) is 0. The van der Waals surface area contributed by atoms with E-state index in [1.54, 1.807) is 0 Å². The predicted octanol–water partition coefficient (Wildman–Crippen LogP) is 0.582. The van der Waals surface area contributed by atoms with Gasteiger partial charge in [-0.25, -0.2) is 0 Å². The van der Waals surface area contributed by atoms with E-state index in [1.807, 2.05) is 14.1 Å². The third kappa shape index (κ3) is 5.08. The van der Waals surface area contributed by atoms with Crippen molar-refractivity contribution in [2.45, 2.75) is 0 Å². The van der Waals surface area contributed by atoms with Gasteiger partial charge in [0.15, 0.2) is 0 Å². The van der Waals surface area contributed by atoms with Gasteiger partial charge in [0, 0.05) is 11.8 Å². The largest absolute Gasteiger partial charge is 0.285 e. The fourth-order valence-corrected chi connectivity index (χ4v) is 0.680. The maximum absolute atomic E-state index is 4.10. The lowest BCUT2D eigenvalue weighted by atomic mass is 10.8. The fourth-order valence-electron chi connectivity index (χ4n) is 0.502. The average molecular weight is 166 g/mol. The Bertz CT molecular complexity index is 62.0. The van der Waals surface area contributed by atoms with Gasteiger partial charge in [-0.15, -0.1) is 0 Å². The summed E-state index contributed by atoms with van der Waals surface area (Å²) < 4.78 is 0. The highest BCUT2D eigenvalue weighted by Gasteiger charge is 1.97. The van der Waals surface area contributed by atoms with Crippen LogP contribution in [0.25, 0.3) is 0 Å². The number of nitrogens with zero attached hydrogens (tertiary/aromatic N) is 2. The molecule has 4 heteroatoms. The predicted molar refractivity (Wildman–Crippen MR) is 48.1 cm³/mol. The van der Waals surface area contributed by atoms with Gasteiger partial charge in [0.2, 0.25) is 0 Å². The Balaban J connectivity index is 3.22. The summed E-state index contributed by atoms with van der Waals surface area (Å²) in [6.45, 7) is 0.924. The van der Waals surface area contributed by atoms with E-state index in [0.29, 0.717) is 0 Å². The molecule has 0 rings (SSSR count). The van der Waals surface area contributed by atoms with Crippen molar-refractivity contribution in [1.82, 2.24) is 9.80 Å². The zero-order chi connectivity index (χ0) is 7.28. The molecule has 0 aromatic heterocycles. The molecule has 0 aliphatic heterocycles. The van der Waals surface area contributed by atoms with Gasteiger partial charge in [0.1, 0.15) is 0 Å². The Labute approximate surface area is 68.0 Å². The summed E-state index contributed by atoms with van der Waals surface area (Å²) in [7, 11) is 4.04. The van der Waals surface area contributed by atoms with E-state index < -0.39 is 0 Å². The third-order valence-corrected chi connectivity index (χ3v) is 1.93. The van der Waals surface area contributed by atoms with E-state index in [4.69, 9.17) is 0 Å². The van der Waals surface area contributed by atoms with Crippen LogP contribution in [0.4, 0.5) is 0 Å². The van der Waals surface area contributed by atoms with Crippen LogP contribution in [0.3, 0.4) is 0 Å². The molecule has 0 radical (unpaired) electrons. The quantitative estimate of drug-likeness (QED) is 0.466. The second-order valence-corrected chi connectivity index (χ2v) is 2.70. The number of hydrogen-bond donors (Lipinski definition) is 2. The SMILES string of the molecule is CN(CS)CN(C)CS. The molecule has 56 valence electrons. The highest BCUT2D eigenvalue weighted by molar-refractivity contribution is 7.80. The number of rotatable bonds is 4. The van der Waals surface area contributed by atoms with E-state index >= 15 is 0 Å². The smallest absolute Gasteiger partial charge is 0.0515 e. The summed E-state index contributed by atoms with van der Waals surface area (Å²) in [6.07, 6.45) is 0. The molecule has 0 aromatic rings. The Hall–Kier alpha value is 0.620. The van der Waals surface area contributed by atoms with Gasteiger partial charge in [-0.2, -0.15) is 25.3 Å². The molecular formula is C5H14N2S2. The van der Waals surface area contributed by atoms with Crippen molar-refractivity contribution in [3.63, 3.8) is 0 Å². The van der Waals surface area contributed by atoms with Crippen molar-refractivity contribution in [3.8, 4) is 0 Å². The zero-order valence-electron chi connectivity index (χ0n) is 5.91. The lowest BCUT2D eigenvalue weighted by Gasteiger charge is -2.20. The summed E-state index contributed by atoms with van der Waals surface area (Å²) in [4.78, 5) is 4.19. The molecule has 0 heterocycles. The lowest BCUT2D eigenvalue weighted by molar-refractivity contribution is 0.232. The van der Waals surface area contributed by atoms with Crippen LogP contribution in [0, 0.1) is 0 Å². The van der Waals surface area contributed by atoms with Gasteiger partial charge >= 0.3 is 0 Å². The molecule has 0 aliphatic carbocycles. The Morgan fingerprint density at radius 3 is 1.56 bits per heavy atom. The topological polar surface area (TPSA) is 6.48 Å². The standard InChI is InChI=1S/C5H14N2S2/c1-6(4-8)3-7(2)5-9/h8-9H,3-5H2,1-2H3. The number of hydrogen-bond acceptors (Lipinski definition) is 4. The summed E-state index contributed by atoms with van der Waals surface area (Å²) >= 11 is 8.21. The van der Waals surface area contributed by atoms with Crippen molar-refractivity contribution in [2.75, 3.05) is 32.5 Å². The van der Waals surface area contributed by atoms with Gasteiger partial charge in [0.25, 0.3) is 0 Å². The van der Waals surface area contributed by atoms with Crippen LogP contribution in [-0.4, -0.2) is 42.3 Å². The lowest BCUT2D eigenvalue weighted by Crippen LogP contribution is -2.31. The fraction of sp³-hybridized carbons (Fsp3) is 1.00. The highest BCUT2D eigenvalue weighted by Crippen LogP contribution is 1.90. The van der Waals surface area contributed by atoms with Crippen molar-refractivity contribution in [1.29, 1.82) is 0 Å². The first-order valence-electron chi connectivity index (χ1n) is 2.79. The van der Waals surface area contributed by atoms with E-state index in [-0.39, 0.29) is 0 Å². The van der Waals surface area contributed by atoms with Crippen molar-refractivity contribution >= 4 is 25.3 Å². The minimum atomic E-state index is 0.790. The zero-order valence-corrected chi connectivity index (χ0v) is 7.70. The van der Waals surface area contributed by atoms with Crippen LogP contribution in [0.2, 0.25) is 0 Å². The molecule has 0 amide bonds. The first-order valence-corrected chi connectivity index (χ1v) is 4.06. The molecule has 0 atom stereocenters. The normalized spacial score (nSPS) is 11.3. The summed E-state index contributed by atoms with van der Waals surface area (Å²) in [6, 6.07) is 0. The minimum absolute atomic E-state index is 0.790. The van der Waals surface area contributed by atoms with Crippen LogP contribution in [0.5, 0.6) is 0 Å². The first kappa shape index (κ1) is 9.62. The van der Waals surface area contributed by atoms with Gasteiger partial charge in [-0.3, -0.25) is 9.80 Å². The molecule has 9 heavy (non-hydrogen) atoms. The average Bonchev–Trinajstić information content (AvgIpc) is 1.87. The van der Waals surface area contributed by atoms with Gasteiger partial charge < -0.3 is 0 Å². The molecule has 0 saturated carbocycles. The summed E-state index contributed by atoms with van der Waals surface area (Å²) in [5.74, 6) is 1.58. The second-order valence-electron chi connectivity index (χ2n) is 2.14. The van der Waals surface area contributed by atoms with Crippen LogP contribution < -0.4 is 0 Å². The molecule has 0 aliphatic rings. The molecule has 0 saturated heterocycles. The molecule has 2 nitrogen and oxygen atoms in total. The van der Waals surface area contributed by atoms with E-state index in [9.17, 15) is 0 Å². The van der Waals surface area contributed by atoms with Crippen LogP contribution in [0.15, 0.2) is 0 Å². The van der Waals surface area contributed by atoms with Crippen LogP contribution in [-0.2, 0) is 0 Å². The molecule has 0 bridgehead atoms. The maximum Gasteiger partial charge on any atom is 0.0515 e. The Morgan fingerprint density at radius 2 is 1.33 bits per heavy atom. The Morgan fingerprint density at radius 1 is 1.00 bits per heavy atom. The van der Waals surface area contributed by atoms with E-state index in [0.717, 1.165) is 18.4 Å². The van der Waals surface area contributed by atoms with Crippen molar-refractivity contribution in [3.05, 3.63) is 0 Å². The molecule has 0 spiro atoms. The second kappa shape index (κ2) is 5.41.